The molecule has 1 fully saturated rings. The van der Waals surface area contributed by atoms with Gasteiger partial charge in [-0.1, -0.05) is 6.07 Å². The van der Waals surface area contributed by atoms with E-state index < -0.39 is 49.1 Å². The third-order valence-electron chi connectivity index (χ3n) is 7.39. The summed E-state index contributed by atoms with van der Waals surface area (Å²) in [5.41, 5.74) is 2.34. The molecule has 8 atom stereocenters. The molecule has 1 saturated heterocycles. The number of aliphatic hydroxyl groups excluding tert-OH is 5. The van der Waals surface area contributed by atoms with Crippen LogP contribution in [-0.2, 0) is 15.9 Å². The van der Waals surface area contributed by atoms with Crippen LogP contribution in [0.25, 0.3) is 0 Å². The molecule has 1 aliphatic carbocycles. The summed E-state index contributed by atoms with van der Waals surface area (Å²) < 4.78 is 22.0. The van der Waals surface area contributed by atoms with Crippen LogP contribution >= 0.6 is 0 Å². The van der Waals surface area contributed by atoms with Crippen LogP contribution in [0.3, 0.4) is 0 Å². The molecule has 0 amide bonds. The molecule has 204 valence electrons. The lowest BCUT2D eigenvalue weighted by atomic mass is 9.67. The van der Waals surface area contributed by atoms with Crippen LogP contribution in [-0.4, -0.2) is 100 Å². The van der Waals surface area contributed by atoms with Crippen molar-refractivity contribution in [3.63, 3.8) is 0 Å². The predicted octanol–water partition coefficient (Wildman–Crippen LogP) is -0.156. The number of hydrogen-bond acceptors (Lipinski definition) is 11. The van der Waals surface area contributed by atoms with E-state index in [1.54, 1.807) is 24.3 Å². The average molecular weight is 523 g/mol. The molecule has 2 aromatic rings. The van der Waals surface area contributed by atoms with E-state index in [2.05, 4.69) is 0 Å². The predicted molar refractivity (Wildman–Crippen MR) is 129 cm³/mol. The van der Waals surface area contributed by atoms with Gasteiger partial charge in [-0.05, 0) is 59.2 Å². The fraction of sp³-hybridized carbons (Fsp3) is 0.538. The van der Waals surface area contributed by atoms with Gasteiger partial charge < -0.3 is 54.7 Å². The third kappa shape index (κ3) is 5.21. The summed E-state index contributed by atoms with van der Waals surface area (Å²) in [6.45, 7) is -0.830. The topological polar surface area (TPSA) is 179 Å². The molecule has 2 aliphatic rings. The first-order valence-corrected chi connectivity index (χ1v) is 12.0. The van der Waals surface area contributed by atoms with Gasteiger partial charge in [0.05, 0.1) is 27.4 Å². The van der Waals surface area contributed by atoms with E-state index in [0.717, 1.165) is 16.7 Å². The minimum absolute atomic E-state index is 0.0476. The Morgan fingerprint density at radius 1 is 0.865 bits per heavy atom. The van der Waals surface area contributed by atoms with E-state index in [0.29, 0.717) is 12.2 Å². The minimum Gasteiger partial charge on any atom is -0.504 e. The van der Waals surface area contributed by atoms with Gasteiger partial charge in [-0.3, -0.25) is 0 Å². The van der Waals surface area contributed by atoms with E-state index in [4.69, 9.17) is 18.9 Å². The minimum atomic E-state index is -1.59. The molecule has 0 unspecified atom stereocenters. The molecule has 0 aromatic heterocycles. The van der Waals surface area contributed by atoms with E-state index in [-0.39, 0.29) is 36.4 Å². The zero-order valence-corrected chi connectivity index (χ0v) is 20.6. The molecular formula is C26H34O11. The number of benzene rings is 2. The van der Waals surface area contributed by atoms with Gasteiger partial charge in [-0.2, -0.15) is 0 Å². The van der Waals surface area contributed by atoms with Gasteiger partial charge in [0.15, 0.2) is 29.3 Å². The molecule has 4 rings (SSSR count). The van der Waals surface area contributed by atoms with Crippen LogP contribution in [0.15, 0.2) is 30.3 Å². The molecule has 1 heterocycles. The fourth-order valence-corrected chi connectivity index (χ4v) is 5.35. The number of aliphatic hydroxyl groups is 5. The van der Waals surface area contributed by atoms with Crippen molar-refractivity contribution in [3.8, 4) is 23.0 Å². The Hall–Kier alpha value is -2.64. The maximum atomic E-state index is 10.6. The number of phenols is 2. The van der Waals surface area contributed by atoms with Gasteiger partial charge in [0, 0.05) is 12.5 Å². The van der Waals surface area contributed by atoms with Crippen molar-refractivity contribution >= 4 is 0 Å². The van der Waals surface area contributed by atoms with Gasteiger partial charge in [0.25, 0.3) is 0 Å². The number of phenolic OH excluding ortho intramolecular Hbond substituents is 2. The summed E-state index contributed by atoms with van der Waals surface area (Å²) in [7, 11) is 2.88. The molecule has 1 aliphatic heterocycles. The maximum absolute atomic E-state index is 10.6. The van der Waals surface area contributed by atoms with Gasteiger partial charge in [-0.25, -0.2) is 0 Å². The van der Waals surface area contributed by atoms with Crippen LogP contribution in [0, 0.1) is 11.8 Å². The lowest BCUT2D eigenvalue weighted by Crippen LogP contribution is -2.59. The van der Waals surface area contributed by atoms with Crippen LogP contribution in [0.1, 0.15) is 22.6 Å². The van der Waals surface area contributed by atoms with Crippen molar-refractivity contribution in [1.82, 2.24) is 0 Å². The van der Waals surface area contributed by atoms with Gasteiger partial charge in [-0.15, -0.1) is 0 Å². The Morgan fingerprint density at radius 3 is 2.22 bits per heavy atom. The van der Waals surface area contributed by atoms with Crippen molar-refractivity contribution < 1.29 is 54.7 Å². The van der Waals surface area contributed by atoms with Crippen LogP contribution in [0.5, 0.6) is 23.0 Å². The van der Waals surface area contributed by atoms with Crippen LogP contribution in [0.4, 0.5) is 0 Å². The van der Waals surface area contributed by atoms with Crippen molar-refractivity contribution in [2.24, 2.45) is 11.8 Å². The van der Waals surface area contributed by atoms with E-state index >= 15 is 0 Å². The molecule has 11 heteroatoms. The van der Waals surface area contributed by atoms with E-state index in [1.165, 1.54) is 20.3 Å². The number of fused-ring (bicyclic) bond motifs is 1. The van der Waals surface area contributed by atoms with Gasteiger partial charge in [0.1, 0.15) is 24.4 Å². The summed E-state index contributed by atoms with van der Waals surface area (Å²) in [6.07, 6.45) is -6.68. The highest BCUT2D eigenvalue weighted by Gasteiger charge is 2.45. The first kappa shape index (κ1) is 27.4. The highest BCUT2D eigenvalue weighted by molar-refractivity contribution is 5.53. The van der Waals surface area contributed by atoms with Crippen LogP contribution < -0.4 is 9.47 Å². The maximum Gasteiger partial charge on any atom is 0.186 e. The summed E-state index contributed by atoms with van der Waals surface area (Å²) in [4.78, 5) is 0. The smallest absolute Gasteiger partial charge is 0.186 e. The Labute approximate surface area is 214 Å². The Morgan fingerprint density at radius 2 is 1.57 bits per heavy atom. The molecular weight excluding hydrogens is 488 g/mol. The lowest BCUT2D eigenvalue weighted by Gasteiger charge is -2.43. The van der Waals surface area contributed by atoms with Crippen molar-refractivity contribution in [2.75, 3.05) is 34.0 Å². The summed E-state index contributed by atoms with van der Waals surface area (Å²) in [6, 6.07) is 8.22. The van der Waals surface area contributed by atoms with Gasteiger partial charge >= 0.3 is 0 Å². The zero-order valence-electron chi connectivity index (χ0n) is 20.6. The van der Waals surface area contributed by atoms with Crippen molar-refractivity contribution in [1.29, 1.82) is 0 Å². The van der Waals surface area contributed by atoms with Crippen molar-refractivity contribution in [2.45, 2.75) is 43.0 Å². The standard InChI is InChI=1S/C26H34O11/c1-34-19-6-12(3-4-17(19)29)22-15-8-18(30)20(35-2)7-13(15)5-14(9-27)16(22)11-36-26-25(33)24(32)23(31)21(10-28)37-26/h3-4,6-8,14,16,21-33H,5,9-11H2,1-2H3/t14-,16-,21-,22-,23-,24+,25-,26-/m1/s1. The highest BCUT2D eigenvalue weighted by Crippen LogP contribution is 2.48. The number of rotatable bonds is 8. The average Bonchev–Trinajstić information content (AvgIpc) is 2.90. The van der Waals surface area contributed by atoms with Gasteiger partial charge in [0.2, 0.25) is 0 Å². The normalized spacial score (nSPS) is 31.5. The zero-order chi connectivity index (χ0) is 26.9. The molecule has 0 spiro atoms. The largest absolute Gasteiger partial charge is 0.504 e. The third-order valence-corrected chi connectivity index (χ3v) is 7.39. The number of ether oxygens (including phenoxy) is 4. The molecule has 11 nitrogen and oxygen atoms in total. The molecule has 0 saturated carbocycles. The van der Waals surface area contributed by atoms with E-state index in [9.17, 15) is 35.7 Å². The molecule has 2 aromatic carbocycles. The Balaban J connectivity index is 1.72. The second-order valence-corrected chi connectivity index (χ2v) is 9.47. The molecule has 37 heavy (non-hydrogen) atoms. The SMILES string of the molecule is COc1cc([C@@H]2c3cc(O)c(OC)cc3C[C@H](CO)[C@H]2CO[C@@H]2O[C@H](CO)[C@@H](O)[C@H](O)[C@H]2O)ccc1O. The van der Waals surface area contributed by atoms with Crippen LogP contribution in [0.2, 0.25) is 0 Å². The second-order valence-electron chi connectivity index (χ2n) is 9.47. The van der Waals surface area contributed by atoms with E-state index in [1.807, 2.05) is 0 Å². The molecule has 0 radical (unpaired) electrons. The molecule has 7 N–H and O–H groups in total. The number of methoxy groups -OCH3 is 2. The first-order chi connectivity index (χ1) is 17.7. The Bertz CT molecular complexity index is 1070. The molecule has 0 bridgehead atoms. The highest BCUT2D eigenvalue weighted by atomic mass is 16.7. The number of aromatic hydroxyl groups is 2. The summed E-state index contributed by atoms with van der Waals surface area (Å²) in [5, 5.41) is 71.2. The van der Waals surface area contributed by atoms with Crippen molar-refractivity contribution in [3.05, 3.63) is 47.0 Å². The first-order valence-electron chi connectivity index (χ1n) is 12.0. The fourth-order valence-electron chi connectivity index (χ4n) is 5.35. The number of hydrogen-bond donors (Lipinski definition) is 7. The Kier molecular flexibility index (Phi) is 8.44. The quantitative estimate of drug-likeness (QED) is 0.245. The summed E-state index contributed by atoms with van der Waals surface area (Å²) in [5.74, 6) is -0.744. The lowest BCUT2D eigenvalue weighted by molar-refractivity contribution is -0.304. The second kappa shape index (κ2) is 11.4. The monoisotopic (exact) mass is 522 g/mol. The summed E-state index contributed by atoms with van der Waals surface area (Å²) >= 11 is 0.